The number of carbonyl (C=O) groups excluding carboxylic acids is 2. The van der Waals surface area contributed by atoms with E-state index in [-0.39, 0.29) is 5.56 Å². The molecular formula is C17H17ClN2O6. The Bertz CT molecular complexity index is 769. The molecule has 1 heterocycles. The third kappa shape index (κ3) is 4.76. The highest BCUT2D eigenvalue weighted by Gasteiger charge is 2.18. The van der Waals surface area contributed by atoms with E-state index in [1.807, 2.05) is 0 Å². The number of carbonyl (C=O) groups is 2. The van der Waals surface area contributed by atoms with Gasteiger partial charge in [0.05, 0.1) is 31.9 Å². The minimum atomic E-state index is -0.719. The number of hydrogen-bond acceptors (Lipinski definition) is 7. The summed E-state index contributed by atoms with van der Waals surface area (Å²) < 4.78 is 20.5. The molecule has 0 fully saturated rings. The van der Waals surface area contributed by atoms with Crippen LogP contribution in [-0.2, 0) is 9.53 Å². The Labute approximate surface area is 155 Å². The first-order chi connectivity index (χ1) is 12.5. The molecule has 0 aliphatic rings. The Balaban J connectivity index is 2.03. The number of benzene rings is 1. The lowest BCUT2D eigenvalue weighted by molar-refractivity contribution is -0.119. The zero-order valence-corrected chi connectivity index (χ0v) is 15.1. The Kier molecular flexibility index (Phi) is 6.62. The SMILES string of the molecule is COc1cc(C(=O)OCC(=O)Nc2ccc(Cl)cn2)cc(OC)c1OC. The van der Waals surface area contributed by atoms with E-state index >= 15 is 0 Å². The fourth-order valence-corrected chi connectivity index (χ4v) is 2.15. The van der Waals surface area contributed by atoms with E-state index < -0.39 is 18.5 Å². The van der Waals surface area contributed by atoms with E-state index in [1.54, 1.807) is 6.07 Å². The number of aromatic nitrogens is 1. The number of nitrogens with one attached hydrogen (secondary N) is 1. The van der Waals surface area contributed by atoms with Gasteiger partial charge in [-0.2, -0.15) is 0 Å². The molecular weight excluding hydrogens is 364 g/mol. The topological polar surface area (TPSA) is 96.0 Å². The molecule has 9 heteroatoms. The second kappa shape index (κ2) is 8.91. The standard InChI is InChI=1S/C17H17ClN2O6/c1-23-12-6-10(7-13(24-2)16(12)25-3)17(22)26-9-15(21)20-14-5-4-11(18)8-19-14/h4-8H,9H2,1-3H3,(H,19,20,21). The third-order valence-corrected chi connectivity index (χ3v) is 3.45. The van der Waals surface area contributed by atoms with Crippen LogP contribution >= 0.6 is 11.6 Å². The molecule has 8 nitrogen and oxygen atoms in total. The van der Waals surface area contributed by atoms with Crippen molar-refractivity contribution in [3.8, 4) is 17.2 Å². The normalized spacial score (nSPS) is 10.0. The van der Waals surface area contributed by atoms with Crippen molar-refractivity contribution >= 4 is 29.3 Å². The van der Waals surface area contributed by atoms with E-state index in [2.05, 4.69) is 10.3 Å². The summed E-state index contributed by atoms with van der Waals surface area (Å²) in [5.41, 5.74) is 0.150. The Morgan fingerprint density at radius 1 is 1.08 bits per heavy atom. The van der Waals surface area contributed by atoms with Crippen LogP contribution in [0.15, 0.2) is 30.5 Å². The average Bonchev–Trinajstić information content (AvgIpc) is 2.66. The molecule has 0 saturated carbocycles. The molecule has 0 unspecified atom stereocenters. The van der Waals surface area contributed by atoms with Gasteiger partial charge >= 0.3 is 5.97 Å². The number of esters is 1. The van der Waals surface area contributed by atoms with Crippen molar-refractivity contribution in [1.29, 1.82) is 0 Å². The number of hydrogen-bond donors (Lipinski definition) is 1. The number of methoxy groups -OCH3 is 3. The minimum Gasteiger partial charge on any atom is -0.493 e. The largest absolute Gasteiger partial charge is 0.493 e. The molecule has 0 radical (unpaired) electrons. The molecule has 0 atom stereocenters. The summed E-state index contributed by atoms with van der Waals surface area (Å²) in [4.78, 5) is 28.0. The highest BCUT2D eigenvalue weighted by atomic mass is 35.5. The number of anilines is 1. The number of halogens is 1. The van der Waals surface area contributed by atoms with E-state index in [1.165, 1.54) is 45.7 Å². The maximum absolute atomic E-state index is 12.2. The van der Waals surface area contributed by atoms with Crippen LogP contribution < -0.4 is 19.5 Å². The fourth-order valence-electron chi connectivity index (χ4n) is 2.04. The van der Waals surface area contributed by atoms with Crippen molar-refractivity contribution in [3.63, 3.8) is 0 Å². The van der Waals surface area contributed by atoms with E-state index in [0.717, 1.165) is 0 Å². The number of amides is 1. The number of ether oxygens (including phenoxy) is 4. The van der Waals surface area contributed by atoms with Crippen LogP contribution in [0.1, 0.15) is 10.4 Å². The lowest BCUT2D eigenvalue weighted by atomic mass is 10.2. The molecule has 1 aromatic carbocycles. The molecule has 1 amide bonds. The van der Waals surface area contributed by atoms with Gasteiger partial charge < -0.3 is 24.3 Å². The summed E-state index contributed by atoms with van der Waals surface area (Å²) in [6, 6.07) is 5.97. The Morgan fingerprint density at radius 3 is 2.23 bits per heavy atom. The molecule has 26 heavy (non-hydrogen) atoms. The lowest BCUT2D eigenvalue weighted by Gasteiger charge is -2.13. The summed E-state index contributed by atoms with van der Waals surface area (Å²) in [5, 5.41) is 2.93. The first kappa shape index (κ1) is 19.3. The van der Waals surface area contributed by atoms with Crippen molar-refractivity contribution in [2.45, 2.75) is 0 Å². The van der Waals surface area contributed by atoms with Gasteiger partial charge in [0.25, 0.3) is 5.91 Å². The van der Waals surface area contributed by atoms with Gasteiger partial charge in [0.15, 0.2) is 18.1 Å². The summed E-state index contributed by atoms with van der Waals surface area (Å²) >= 11 is 5.72. The maximum atomic E-state index is 12.2. The molecule has 138 valence electrons. The molecule has 0 aliphatic carbocycles. The molecule has 1 aromatic heterocycles. The minimum absolute atomic E-state index is 0.150. The summed E-state index contributed by atoms with van der Waals surface area (Å²) in [6.07, 6.45) is 1.39. The van der Waals surface area contributed by atoms with Gasteiger partial charge in [0.2, 0.25) is 5.75 Å². The van der Waals surface area contributed by atoms with Crippen molar-refractivity contribution in [3.05, 3.63) is 41.0 Å². The lowest BCUT2D eigenvalue weighted by Crippen LogP contribution is -2.21. The molecule has 2 aromatic rings. The smallest absolute Gasteiger partial charge is 0.338 e. The highest BCUT2D eigenvalue weighted by molar-refractivity contribution is 6.30. The number of nitrogens with zero attached hydrogens (tertiary/aromatic N) is 1. The Morgan fingerprint density at radius 2 is 1.73 bits per heavy atom. The van der Waals surface area contributed by atoms with E-state index in [0.29, 0.717) is 28.1 Å². The zero-order valence-electron chi connectivity index (χ0n) is 14.4. The predicted molar refractivity (Wildman–Crippen MR) is 94.3 cm³/mol. The zero-order chi connectivity index (χ0) is 19.1. The first-order valence-electron chi connectivity index (χ1n) is 7.37. The van der Waals surface area contributed by atoms with Gasteiger partial charge in [-0.1, -0.05) is 11.6 Å². The maximum Gasteiger partial charge on any atom is 0.338 e. The highest BCUT2D eigenvalue weighted by Crippen LogP contribution is 2.38. The fraction of sp³-hybridized carbons (Fsp3) is 0.235. The predicted octanol–water partition coefficient (Wildman–Crippen LogP) is 2.56. The molecule has 0 aliphatic heterocycles. The van der Waals surface area contributed by atoms with Crippen LogP contribution in [0.2, 0.25) is 5.02 Å². The van der Waals surface area contributed by atoms with Crippen molar-refractivity contribution in [2.24, 2.45) is 0 Å². The second-order valence-corrected chi connectivity index (χ2v) is 5.34. The van der Waals surface area contributed by atoms with Crippen molar-refractivity contribution in [1.82, 2.24) is 4.98 Å². The average molecular weight is 381 g/mol. The van der Waals surface area contributed by atoms with Gasteiger partial charge in [0, 0.05) is 6.20 Å². The van der Waals surface area contributed by atoms with Gasteiger partial charge in [-0.25, -0.2) is 9.78 Å². The van der Waals surface area contributed by atoms with Crippen LogP contribution in [-0.4, -0.2) is 44.8 Å². The second-order valence-electron chi connectivity index (χ2n) is 4.90. The Hall–Kier alpha value is -3.00. The molecule has 1 N–H and O–H groups in total. The van der Waals surface area contributed by atoms with E-state index in [4.69, 9.17) is 30.5 Å². The summed E-state index contributed by atoms with van der Waals surface area (Å²) in [7, 11) is 4.31. The molecule has 2 rings (SSSR count). The van der Waals surface area contributed by atoms with Crippen LogP contribution in [0.3, 0.4) is 0 Å². The van der Waals surface area contributed by atoms with Crippen molar-refractivity contribution < 1.29 is 28.5 Å². The number of pyridine rings is 1. The molecule has 0 spiro atoms. The van der Waals surface area contributed by atoms with Crippen LogP contribution in [0.4, 0.5) is 5.82 Å². The first-order valence-corrected chi connectivity index (χ1v) is 7.74. The quantitative estimate of drug-likeness (QED) is 0.737. The third-order valence-electron chi connectivity index (χ3n) is 3.23. The van der Waals surface area contributed by atoms with Crippen LogP contribution in [0, 0.1) is 0 Å². The van der Waals surface area contributed by atoms with Crippen LogP contribution in [0.5, 0.6) is 17.2 Å². The monoisotopic (exact) mass is 380 g/mol. The van der Waals surface area contributed by atoms with Gasteiger partial charge in [0.1, 0.15) is 5.82 Å². The van der Waals surface area contributed by atoms with Gasteiger partial charge in [-0.3, -0.25) is 4.79 Å². The molecule has 0 bridgehead atoms. The summed E-state index contributed by atoms with van der Waals surface area (Å²) in [5.74, 6) is -0.0207. The van der Waals surface area contributed by atoms with Crippen molar-refractivity contribution in [2.75, 3.05) is 33.3 Å². The van der Waals surface area contributed by atoms with Crippen LogP contribution in [0.25, 0.3) is 0 Å². The summed E-state index contributed by atoms with van der Waals surface area (Å²) in [6.45, 7) is -0.486. The number of rotatable bonds is 7. The van der Waals surface area contributed by atoms with Gasteiger partial charge in [-0.15, -0.1) is 0 Å². The van der Waals surface area contributed by atoms with Gasteiger partial charge in [-0.05, 0) is 24.3 Å². The molecule has 0 saturated heterocycles. The van der Waals surface area contributed by atoms with E-state index in [9.17, 15) is 9.59 Å².